The lowest BCUT2D eigenvalue weighted by molar-refractivity contribution is -0.386. The molecule has 1 aromatic rings. The summed E-state index contributed by atoms with van der Waals surface area (Å²) >= 11 is 0. The Morgan fingerprint density at radius 2 is 2.00 bits per heavy atom. The van der Waals surface area contributed by atoms with Crippen LogP contribution in [-0.2, 0) is 6.54 Å². The summed E-state index contributed by atoms with van der Waals surface area (Å²) in [7, 11) is 0. The first-order valence-corrected chi connectivity index (χ1v) is 6.54. The number of nitrogens with zero attached hydrogens (tertiary/aromatic N) is 1. The van der Waals surface area contributed by atoms with Crippen LogP contribution in [0, 0.1) is 16.0 Å². The molecule has 0 amide bonds. The fourth-order valence-corrected chi connectivity index (χ4v) is 1.67. The number of hydrogen-bond acceptors (Lipinski definition) is 4. The van der Waals surface area contributed by atoms with Crippen molar-refractivity contribution in [2.75, 3.05) is 6.54 Å². The summed E-state index contributed by atoms with van der Waals surface area (Å²) in [4.78, 5) is 10.5. The van der Waals surface area contributed by atoms with E-state index in [-0.39, 0.29) is 11.8 Å². The van der Waals surface area contributed by atoms with Gasteiger partial charge in [0.1, 0.15) is 0 Å². The normalized spacial score (nSPS) is 11.1. The van der Waals surface area contributed by atoms with Crippen molar-refractivity contribution in [2.24, 2.45) is 5.92 Å². The predicted octanol–water partition coefficient (Wildman–Crippen LogP) is 3.13. The zero-order chi connectivity index (χ0) is 14.4. The molecule has 106 valence electrons. The van der Waals surface area contributed by atoms with Gasteiger partial charge in [-0.25, -0.2) is 0 Å². The van der Waals surface area contributed by atoms with E-state index in [2.05, 4.69) is 19.2 Å². The molecule has 0 heterocycles. The monoisotopic (exact) mass is 266 g/mol. The zero-order valence-electron chi connectivity index (χ0n) is 12.0. The van der Waals surface area contributed by atoms with Crippen LogP contribution in [0.1, 0.15) is 33.3 Å². The topological polar surface area (TPSA) is 64.4 Å². The van der Waals surface area contributed by atoms with E-state index < -0.39 is 4.92 Å². The SMILES string of the molecule is CC(C)CNCc1ccc([N+](=O)[O-])c(OC(C)C)c1. The highest BCUT2D eigenvalue weighted by molar-refractivity contribution is 5.48. The summed E-state index contributed by atoms with van der Waals surface area (Å²) in [5.74, 6) is 0.910. The Hall–Kier alpha value is -1.62. The number of hydrogen-bond donors (Lipinski definition) is 1. The molecule has 0 aliphatic rings. The number of nitro benzene ring substituents is 1. The lowest BCUT2D eigenvalue weighted by atomic mass is 10.1. The molecule has 1 N–H and O–H groups in total. The average Bonchev–Trinajstić information content (AvgIpc) is 2.27. The second-order valence-corrected chi connectivity index (χ2v) is 5.25. The Morgan fingerprint density at radius 3 is 2.53 bits per heavy atom. The lowest BCUT2D eigenvalue weighted by Gasteiger charge is -2.12. The second-order valence-electron chi connectivity index (χ2n) is 5.25. The number of rotatable bonds is 7. The average molecular weight is 266 g/mol. The van der Waals surface area contributed by atoms with Gasteiger partial charge in [-0.05, 0) is 37.9 Å². The highest BCUT2D eigenvalue weighted by atomic mass is 16.6. The van der Waals surface area contributed by atoms with Crippen LogP contribution >= 0.6 is 0 Å². The Bertz CT molecular complexity index is 431. The van der Waals surface area contributed by atoms with Crippen LogP contribution in [0.2, 0.25) is 0 Å². The third-order valence-electron chi connectivity index (χ3n) is 2.47. The van der Waals surface area contributed by atoms with Gasteiger partial charge >= 0.3 is 5.69 Å². The van der Waals surface area contributed by atoms with Crippen LogP contribution in [0.5, 0.6) is 5.75 Å². The zero-order valence-corrected chi connectivity index (χ0v) is 12.0. The molecule has 1 aromatic carbocycles. The molecular weight excluding hydrogens is 244 g/mol. The van der Waals surface area contributed by atoms with Gasteiger partial charge in [-0.3, -0.25) is 10.1 Å². The van der Waals surface area contributed by atoms with Gasteiger partial charge in [0.05, 0.1) is 11.0 Å². The van der Waals surface area contributed by atoms with Crippen LogP contribution in [0.4, 0.5) is 5.69 Å². The summed E-state index contributed by atoms with van der Waals surface area (Å²) in [5.41, 5.74) is 1.00. The molecule has 0 fully saturated rings. The maximum Gasteiger partial charge on any atom is 0.310 e. The van der Waals surface area contributed by atoms with Crippen molar-refractivity contribution in [3.8, 4) is 5.75 Å². The number of benzene rings is 1. The minimum absolute atomic E-state index is 0.0151. The molecule has 0 aromatic heterocycles. The molecule has 0 atom stereocenters. The molecule has 0 bridgehead atoms. The van der Waals surface area contributed by atoms with Crippen LogP contribution in [0.3, 0.4) is 0 Å². The third kappa shape index (κ3) is 5.26. The molecular formula is C14H22N2O3. The van der Waals surface area contributed by atoms with Gasteiger partial charge in [0.2, 0.25) is 0 Å². The molecule has 0 unspecified atom stereocenters. The van der Waals surface area contributed by atoms with Crippen molar-refractivity contribution >= 4 is 5.69 Å². The van der Waals surface area contributed by atoms with E-state index in [1.165, 1.54) is 6.07 Å². The van der Waals surface area contributed by atoms with E-state index in [4.69, 9.17) is 4.74 Å². The van der Waals surface area contributed by atoms with Crippen LogP contribution in [0.15, 0.2) is 18.2 Å². The van der Waals surface area contributed by atoms with E-state index >= 15 is 0 Å². The molecule has 5 heteroatoms. The van der Waals surface area contributed by atoms with Gasteiger partial charge in [0, 0.05) is 12.6 Å². The summed E-state index contributed by atoms with van der Waals surface area (Å²) in [6, 6.07) is 5.01. The standard InChI is InChI=1S/C14H22N2O3/c1-10(2)8-15-9-12-5-6-13(16(17)18)14(7-12)19-11(3)4/h5-7,10-11,15H,8-9H2,1-4H3. The predicted molar refractivity (Wildman–Crippen MR) is 75.4 cm³/mol. The van der Waals surface area contributed by atoms with Crippen LogP contribution < -0.4 is 10.1 Å². The first-order chi connectivity index (χ1) is 8.90. The van der Waals surface area contributed by atoms with E-state index in [0.29, 0.717) is 18.2 Å². The minimum Gasteiger partial charge on any atom is -0.484 e. The maximum atomic E-state index is 10.9. The molecule has 0 saturated heterocycles. The van der Waals surface area contributed by atoms with E-state index in [0.717, 1.165) is 12.1 Å². The second kappa shape index (κ2) is 7.09. The highest BCUT2D eigenvalue weighted by Crippen LogP contribution is 2.28. The molecule has 0 spiro atoms. The maximum absolute atomic E-state index is 10.9. The summed E-state index contributed by atoms with van der Waals surface area (Å²) in [5, 5.41) is 14.2. The lowest BCUT2D eigenvalue weighted by Crippen LogP contribution is -2.19. The van der Waals surface area contributed by atoms with Crippen molar-refractivity contribution < 1.29 is 9.66 Å². The molecule has 5 nitrogen and oxygen atoms in total. The Kier molecular flexibility index (Phi) is 5.76. The van der Waals surface area contributed by atoms with Crippen molar-refractivity contribution in [1.29, 1.82) is 0 Å². The first-order valence-electron chi connectivity index (χ1n) is 6.54. The van der Waals surface area contributed by atoms with Gasteiger partial charge < -0.3 is 10.1 Å². The molecule has 0 aliphatic carbocycles. The Morgan fingerprint density at radius 1 is 1.32 bits per heavy atom. The Balaban J connectivity index is 2.82. The highest BCUT2D eigenvalue weighted by Gasteiger charge is 2.16. The third-order valence-corrected chi connectivity index (χ3v) is 2.47. The summed E-state index contributed by atoms with van der Waals surface area (Å²) in [6.45, 7) is 9.58. The van der Waals surface area contributed by atoms with Gasteiger partial charge in [-0.2, -0.15) is 0 Å². The molecule has 0 aliphatic heterocycles. The molecule has 0 radical (unpaired) electrons. The number of nitro groups is 1. The summed E-state index contributed by atoms with van der Waals surface area (Å²) in [6.07, 6.45) is -0.0856. The van der Waals surface area contributed by atoms with E-state index in [1.807, 2.05) is 13.8 Å². The van der Waals surface area contributed by atoms with E-state index in [1.54, 1.807) is 12.1 Å². The smallest absolute Gasteiger partial charge is 0.310 e. The van der Waals surface area contributed by atoms with Gasteiger partial charge in [-0.1, -0.05) is 19.9 Å². The summed E-state index contributed by atoms with van der Waals surface area (Å²) < 4.78 is 5.51. The van der Waals surface area contributed by atoms with Gasteiger partial charge in [-0.15, -0.1) is 0 Å². The number of ether oxygens (including phenoxy) is 1. The van der Waals surface area contributed by atoms with Gasteiger partial charge in [0.25, 0.3) is 0 Å². The van der Waals surface area contributed by atoms with Crippen molar-refractivity contribution in [3.63, 3.8) is 0 Å². The minimum atomic E-state index is -0.414. The first kappa shape index (κ1) is 15.4. The van der Waals surface area contributed by atoms with Gasteiger partial charge in [0.15, 0.2) is 5.75 Å². The van der Waals surface area contributed by atoms with Crippen LogP contribution in [-0.4, -0.2) is 17.6 Å². The molecule has 0 saturated carbocycles. The van der Waals surface area contributed by atoms with E-state index in [9.17, 15) is 10.1 Å². The van der Waals surface area contributed by atoms with Crippen LogP contribution in [0.25, 0.3) is 0 Å². The van der Waals surface area contributed by atoms with Crippen molar-refractivity contribution in [2.45, 2.75) is 40.3 Å². The fraction of sp³-hybridized carbons (Fsp3) is 0.571. The fourth-order valence-electron chi connectivity index (χ4n) is 1.67. The number of nitrogens with one attached hydrogen (secondary N) is 1. The molecule has 19 heavy (non-hydrogen) atoms. The quantitative estimate of drug-likeness (QED) is 0.608. The molecule has 1 rings (SSSR count). The van der Waals surface area contributed by atoms with Crippen molar-refractivity contribution in [1.82, 2.24) is 5.32 Å². The Labute approximate surface area is 114 Å². The largest absolute Gasteiger partial charge is 0.484 e. The van der Waals surface area contributed by atoms with Crippen molar-refractivity contribution in [3.05, 3.63) is 33.9 Å².